The summed E-state index contributed by atoms with van der Waals surface area (Å²) in [5.74, 6) is 1.04. The summed E-state index contributed by atoms with van der Waals surface area (Å²) in [4.78, 5) is 13.4. The van der Waals surface area contributed by atoms with Crippen molar-refractivity contribution in [1.29, 1.82) is 0 Å². The van der Waals surface area contributed by atoms with Crippen LogP contribution in [0.2, 0.25) is 0 Å². The van der Waals surface area contributed by atoms with Gasteiger partial charge in [-0.15, -0.1) is 0 Å². The topological polar surface area (TPSA) is 20.3 Å². The summed E-state index contributed by atoms with van der Waals surface area (Å²) in [6, 6.07) is 0. The van der Waals surface area contributed by atoms with Gasteiger partial charge in [0.25, 0.3) is 0 Å². The SMILES string of the molecule is CSC(C)(C)C1CCCN(C2=CC(=O)C2)C1. The zero-order chi connectivity index (χ0) is 11.8. The second-order valence-electron chi connectivity index (χ2n) is 5.37. The molecule has 1 heterocycles. The number of thioether (sulfide) groups is 1. The summed E-state index contributed by atoms with van der Waals surface area (Å²) in [6.45, 7) is 6.95. The van der Waals surface area contributed by atoms with Gasteiger partial charge in [0.2, 0.25) is 0 Å². The summed E-state index contributed by atoms with van der Waals surface area (Å²) in [7, 11) is 0. The Hall–Kier alpha value is -0.440. The second-order valence-corrected chi connectivity index (χ2v) is 6.83. The first-order chi connectivity index (χ1) is 7.53. The molecule has 1 fully saturated rings. The molecule has 1 aliphatic carbocycles. The molecule has 1 atom stereocenters. The third kappa shape index (κ3) is 2.29. The van der Waals surface area contributed by atoms with Crippen molar-refractivity contribution in [3.63, 3.8) is 0 Å². The Balaban J connectivity index is 1.99. The monoisotopic (exact) mass is 239 g/mol. The van der Waals surface area contributed by atoms with Gasteiger partial charge in [-0.3, -0.25) is 4.79 Å². The lowest BCUT2D eigenvalue weighted by atomic mass is 9.86. The van der Waals surface area contributed by atoms with Gasteiger partial charge in [0.1, 0.15) is 0 Å². The Labute approximate surface area is 102 Å². The van der Waals surface area contributed by atoms with Crippen molar-refractivity contribution in [2.45, 2.75) is 37.9 Å². The predicted molar refractivity (Wildman–Crippen MR) is 69.6 cm³/mol. The van der Waals surface area contributed by atoms with Crippen LogP contribution in [0.4, 0.5) is 0 Å². The normalized spacial score (nSPS) is 26.4. The highest BCUT2D eigenvalue weighted by atomic mass is 32.2. The van der Waals surface area contributed by atoms with Gasteiger partial charge < -0.3 is 4.90 Å². The molecule has 2 nitrogen and oxygen atoms in total. The maximum absolute atomic E-state index is 11.0. The third-order valence-corrected chi connectivity index (χ3v) is 5.41. The molecule has 0 amide bonds. The molecule has 0 bridgehead atoms. The van der Waals surface area contributed by atoms with Crippen molar-refractivity contribution < 1.29 is 4.79 Å². The van der Waals surface area contributed by atoms with Crippen LogP contribution in [0.3, 0.4) is 0 Å². The van der Waals surface area contributed by atoms with Crippen LogP contribution in [0.25, 0.3) is 0 Å². The highest BCUT2D eigenvalue weighted by Gasteiger charge is 2.34. The summed E-state index contributed by atoms with van der Waals surface area (Å²) in [6.07, 6.45) is 7.28. The number of hydrogen-bond donors (Lipinski definition) is 0. The van der Waals surface area contributed by atoms with Crippen molar-refractivity contribution in [1.82, 2.24) is 4.90 Å². The van der Waals surface area contributed by atoms with Gasteiger partial charge in [-0.2, -0.15) is 11.8 Å². The number of rotatable bonds is 3. The molecule has 1 saturated heterocycles. The van der Waals surface area contributed by atoms with E-state index in [1.54, 1.807) is 0 Å². The zero-order valence-electron chi connectivity index (χ0n) is 10.5. The van der Waals surface area contributed by atoms with E-state index in [0.717, 1.165) is 19.0 Å². The van der Waals surface area contributed by atoms with E-state index < -0.39 is 0 Å². The number of ketones is 1. The van der Waals surface area contributed by atoms with Gasteiger partial charge in [0.15, 0.2) is 5.78 Å². The molecule has 0 aromatic rings. The van der Waals surface area contributed by atoms with Gasteiger partial charge in [-0.05, 0) is 25.0 Å². The van der Waals surface area contributed by atoms with E-state index in [9.17, 15) is 4.79 Å². The molecule has 1 aliphatic heterocycles. The Bertz CT molecular complexity index is 322. The molecule has 16 heavy (non-hydrogen) atoms. The second kappa shape index (κ2) is 4.44. The number of likely N-dealkylation sites (tertiary alicyclic amines) is 1. The van der Waals surface area contributed by atoms with Crippen LogP contribution in [-0.2, 0) is 4.79 Å². The smallest absolute Gasteiger partial charge is 0.163 e. The van der Waals surface area contributed by atoms with Crippen molar-refractivity contribution in [2.24, 2.45) is 5.92 Å². The van der Waals surface area contributed by atoms with Gasteiger partial charge in [-0.25, -0.2) is 0 Å². The number of allylic oxidation sites excluding steroid dienone is 2. The highest BCUT2D eigenvalue weighted by Crippen LogP contribution is 2.37. The lowest BCUT2D eigenvalue weighted by molar-refractivity contribution is -0.116. The van der Waals surface area contributed by atoms with E-state index in [4.69, 9.17) is 0 Å². The summed E-state index contributed by atoms with van der Waals surface area (Å²) >= 11 is 1.96. The standard InChI is InChI=1S/C13H21NOS/c1-13(2,16-3)10-5-4-6-14(9-10)11-7-12(15)8-11/h7,10H,4-6,8-9H2,1-3H3. The van der Waals surface area contributed by atoms with E-state index in [1.165, 1.54) is 18.5 Å². The number of nitrogens with zero attached hydrogens (tertiary/aromatic N) is 1. The molecule has 1 unspecified atom stereocenters. The Morgan fingerprint density at radius 1 is 1.50 bits per heavy atom. The quantitative estimate of drug-likeness (QED) is 0.755. The van der Waals surface area contributed by atoms with E-state index >= 15 is 0 Å². The van der Waals surface area contributed by atoms with E-state index in [-0.39, 0.29) is 0 Å². The van der Waals surface area contributed by atoms with Crippen molar-refractivity contribution in [3.8, 4) is 0 Å². The first kappa shape index (κ1) is 12.0. The third-order valence-electron chi connectivity index (χ3n) is 4.02. The zero-order valence-corrected chi connectivity index (χ0v) is 11.3. The molecule has 2 rings (SSSR count). The summed E-state index contributed by atoms with van der Waals surface area (Å²) in [5, 5.41) is 0. The average Bonchev–Trinajstić information content (AvgIpc) is 2.25. The van der Waals surface area contributed by atoms with Crippen molar-refractivity contribution >= 4 is 17.5 Å². The molecular weight excluding hydrogens is 218 g/mol. The Morgan fingerprint density at radius 2 is 2.19 bits per heavy atom. The first-order valence-electron chi connectivity index (χ1n) is 6.06. The molecule has 2 aliphatic rings. The van der Waals surface area contributed by atoms with Crippen molar-refractivity contribution in [3.05, 3.63) is 11.8 Å². The molecule has 0 aromatic heterocycles. The van der Waals surface area contributed by atoms with Crippen LogP contribution >= 0.6 is 11.8 Å². The van der Waals surface area contributed by atoms with Crippen LogP contribution in [0, 0.1) is 5.92 Å². The molecule has 0 aromatic carbocycles. The fourth-order valence-corrected chi connectivity index (χ4v) is 3.04. The van der Waals surface area contributed by atoms with Crippen LogP contribution < -0.4 is 0 Å². The minimum Gasteiger partial charge on any atom is -0.374 e. The number of piperidine rings is 1. The molecule has 0 saturated carbocycles. The van der Waals surface area contributed by atoms with Crippen LogP contribution in [0.15, 0.2) is 11.8 Å². The van der Waals surface area contributed by atoms with Crippen LogP contribution in [0.5, 0.6) is 0 Å². The van der Waals surface area contributed by atoms with Gasteiger partial charge in [0.05, 0.1) is 6.42 Å². The number of carbonyl (C=O) groups excluding carboxylic acids is 1. The number of hydrogen-bond acceptors (Lipinski definition) is 3. The first-order valence-corrected chi connectivity index (χ1v) is 7.29. The maximum atomic E-state index is 11.0. The van der Waals surface area contributed by atoms with Gasteiger partial charge in [0, 0.05) is 29.6 Å². The fraction of sp³-hybridized carbons (Fsp3) is 0.769. The summed E-state index contributed by atoms with van der Waals surface area (Å²) < 4.78 is 0.354. The molecule has 0 N–H and O–H groups in total. The molecule has 0 spiro atoms. The molecular formula is C13H21NOS. The van der Waals surface area contributed by atoms with E-state index in [0.29, 0.717) is 17.0 Å². The predicted octanol–water partition coefficient (Wildman–Crippen LogP) is 2.70. The van der Waals surface area contributed by atoms with E-state index in [1.807, 2.05) is 17.8 Å². The number of carbonyl (C=O) groups is 1. The Morgan fingerprint density at radius 3 is 2.75 bits per heavy atom. The van der Waals surface area contributed by atoms with Crippen LogP contribution in [-0.4, -0.2) is 34.8 Å². The maximum Gasteiger partial charge on any atom is 0.163 e. The fourth-order valence-electron chi connectivity index (χ4n) is 2.51. The van der Waals surface area contributed by atoms with Crippen molar-refractivity contribution in [2.75, 3.05) is 19.3 Å². The van der Waals surface area contributed by atoms with Gasteiger partial charge in [-0.1, -0.05) is 13.8 Å². The lowest BCUT2D eigenvalue weighted by Crippen LogP contribution is -2.44. The highest BCUT2D eigenvalue weighted by molar-refractivity contribution is 7.99. The van der Waals surface area contributed by atoms with Crippen LogP contribution in [0.1, 0.15) is 33.1 Å². The largest absolute Gasteiger partial charge is 0.374 e. The lowest BCUT2D eigenvalue weighted by Gasteiger charge is -2.43. The molecule has 0 radical (unpaired) electrons. The van der Waals surface area contributed by atoms with Gasteiger partial charge >= 0.3 is 0 Å². The molecule has 3 heteroatoms. The Kier molecular flexibility index (Phi) is 3.34. The van der Waals surface area contributed by atoms with E-state index in [2.05, 4.69) is 25.0 Å². The average molecular weight is 239 g/mol. The minimum absolute atomic E-state index is 0.293. The molecule has 90 valence electrons. The summed E-state index contributed by atoms with van der Waals surface area (Å²) in [5.41, 5.74) is 1.27. The minimum atomic E-state index is 0.293.